The number of ether oxygens (including phenoxy) is 4. The van der Waals surface area contributed by atoms with E-state index in [0.29, 0.717) is 36.4 Å². The number of para-hydroxylation sites is 1. The molecule has 5 nitrogen and oxygen atoms in total. The first kappa shape index (κ1) is 19.4. The van der Waals surface area contributed by atoms with Crippen LogP contribution in [0.5, 0.6) is 23.0 Å². The summed E-state index contributed by atoms with van der Waals surface area (Å²) in [5, 5.41) is 3.41. The van der Waals surface area contributed by atoms with E-state index >= 15 is 0 Å². The third kappa shape index (κ3) is 5.30. The Morgan fingerprint density at radius 3 is 2.11 bits per heavy atom. The Morgan fingerprint density at radius 1 is 0.852 bits per heavy atom. The summed E-state index contributed by atoms with van der Waals surface area (Å²) < 4.78 is 22.4. The molecular formula is C22H29NO4. The average Bonchev–Trinajstić information content (AvgIpc) is 2.74. The van der Waals surface area contributed by atoms with Gasteiger partial charge in [0.1, 0.15) is 5.75 Å². The molecule has 2 aromatic rings. The monoisotopic (exact) mass is 371 g/mol. The minimum Gasteiger partial charge on any atom is -0.493 e. The number of rotatable bonds is 9. The predicted octanol–water partition coefficient (Wildman–Crippen LogP) is 4.02. The molecule has 0 unspecified atom stereocenters. The molecule has 146 valence electrons. The molecule has 0 aliphatic carbocycles. The van der Waals surface area contributed by atoms with Gasteiger partial charge in [-0.3, -0.25) is 0 Å². The van der Waals surface area contributed by atoms with Crippen LogP contribution in [0.15, 0.2) is 42.5 Å². The van der Waals surface area contributed by atoms with Gasteiger partial charge in [0.05, 0.1) is 27.4 Å². The van der Waals surface area contributed by atoms with Gasteiger partial charge in [0.2, 0.25) is 5.75 Å². The van der Waals surface area contributed by atoms with Crippen molar-refractivity contribution < 1.29 is 18.9 Å². The summed E-state index contributed by atoms with van der Waals surface area (Å²) in [5.41, 5.74) is 1.41. The second-order valence-electron chi connectivity index (χ2n) is 6.64. The Kier molecular flexibility index (Phi) is 7.22. The van der Waals surface area contributed by atoms with Gasteiger partial charge in [-0.05, 0) is 61.7 Å². The highest BCUT2D eigenvalue weighted by atomic mass is 16.5. The molecule has 1 heterocycles. The van der Waals surface area contributed by atoms with Crippen molar-refractivity contribution in [3.05, 3.63) is 48.0 Å². The van der Waals surface area contributed by atoms with Crippen LogP contribution in [0.4, 0.5) is 0 Å². The zero-order valence-electron chi connectivity index (χ0n) is 16.2. The van der Waals surface area contributed by atoms with Gasteiger partial charge in [0, 0.05) is 6.42 Å². The van der Waals surface area contributed by atoms with Gasteiger partial charge in [0.15, 0.2) is 11.5 Å². The molecule has 5 heteroatoms. The highest BCUT2D eigenvalue weighted by molar-refractivity contribution is 5.51. The van der Waals surface area contributed by atoms with Gasteiger partial charge in [0.25, 0.3) is 0 Å². The van der Waals surface area contributed by atoms with Crippen molar-refractivity contribution in [2.75, 3.05) is 40.5 Å². The Hall–Kier alpha value is -2.40. The quantitative estimate of drug-likeness (QED) is 0.675. The molecule has 2 aromatic carbocycles. The minimum absolute atomic E-state index is 0.532. The molecule has 27 heavy (non-hydrogen) atoms. The van der Waals surface area contributed by atoms with Crippen LogP contribution in [0, 0.1) is 0 Å². The molecule has 1 saturated heterocycles. The van der Waals surface area contributed by atoms with Crippen LogP contribution in [-0.2, 0) is 0 Å². The molecular weight excluding hydrogens is 342 g/mol. The van der Waals surface area contributed by atoms with E-state index in [1.807, 2.05) is 18.2 Å². The van der Waals surface area contributed by atoms with Gasteiger partial charge in [-0.15, -0.1) is 0 Å². The standard InChI is InChI=1S/C22H29NO4/c1-24-20-5-3-6-21(25-2)22(20)27-16-4-15-26-19-9-7-17(8-10-19)18-11-13-23-14-12-18/h3,5-10,18,23H,4,11-16H2,1-2H3. The van der Waals surface area contributed by atoms with E-state index in [0.717, 1.165) is 25.3 Å². The van der Waals surface area contributed by atoms with Crippen LogP contribution in [0.1, 0.15) is 30.7 Å². The summed E-state index contributed by atoms with van der Waals surface area (Å²) >= 11 is 0. The van der Waals surface area contributed by atoms with Crippen molar-refractivity contribution in [3.63, 3.8) is 0 Å². The lowest BCUT2D eigenvalue weighted by Gasteiger charge is -2.23. The molecule has 0 radical (unpaired) electrons. The van der Waals surface area contributed by atoms with Crippen LogP contribution in [0.2, 0.25) is 0 Å². The molecule has 1 N–H and O–H groups in total. The second-order valence-corrected chi connectivity index (χ2v) is 6.64. The van der Waals surface area contributed by atoms with E-state index in [-0.39, 0.29) is 0 Å². The first-order chi connectivity index (χ1) is 13.3. The van der Waals surface area contributed by atoms with Crippen molar-refractivity contribution in [1.82, 2.24) is 5.32 Å². The minimum atomic E-state index is 0.532. The highest BCUT2D eigenvalue weighted by Crippen LogP contribution is 2.36. The Bertz CT molecular complexity index is 674. The molecule has 0 aromatic heterocycles. The van der Waals surface area contributed by atoms with E-state index in [1.54, 1.807) is 14.2 Å². The van der Waals surface area contributed by atoms with Crippen LogP contribution < -0.4 is 24.3 Å². The van der Waals surface area contributed by atoms with Crippen LogP contribution in [0.25, 0.3) is 0 Å². The van der Waals surface area contributed by atoms with Gasteiger partial charge in [-0.1, -0.05) is 18.2 Å². The fourth-order valence-electron chi connectivity index (χ4n) is 3.37. The van der Waals surface area contributed by atoms with E-state index in [9.17, 15) is 0 Å². The molecule has 0 spiro atoms. The van der Waals surface area contributed by atoms with Crippen molar-refractivity contribution in [3.8, 4) is 23.0 Å². The molecule has 3 rings (SSSR count). The zero-order chi connectivity index (χ0) is 18.9. The van der Waals surface area contributed by atoms with Crippen LogP contribution >= 0.6 is 0 Å². The first-order valence-electron chi connectivity index (χ1n) is 9.59. The molecule has 1 fully saturated rings. The van der Waals surface area contributed by atoms with Crippen molar-refractivity contribution in [2.24, 2.45) is 0 Å². The lowest BCUT2D eigenvalue weighted by molar-refractivity contribution is 0.232. The summed E-state index contributed by atoms with van der Waals surface area (Å²) in [6, 6.07) is 14.1. The summed E-state index contributed by atoms with van der Waals surface area (Å²) in [5.74, 6) is 3.55. The second kappa shape index (κ2) is 10.1. The average molecular weight is 371 g/mol. The number of piperidine rings is 1. The fourth-order valence-corrected chi connectivity index (χ4v) is 3.37. The SMILES string of the molecule is COc1cccc(OC)c1OCCCOc1ccc(C2CCNCC2)cc1. The molecule has 1 aliphatic rings. The maximum atomic E-state index is 5.85. The van der Waals surface area contributed by atoms with Crippen molar-refractivity contribution in [2.45, 2.75) is 25.2 Å². The molecule has 0 amide bonds. The normalized spacial score (nSPS) is 14.6. The number of methoxy groups -OCH3 is 2. The summed E-state index contributed by atoms with van der Waals surface area (Å²) in [7, 11) is 3.25. The molecule has 1 aliphatic heterocycles. The lowest BCUT2D eigenvalue weighted by Crippen LogP contribution is -2.26. The first-order valence-corrected chi connectivity index (χ1v) is 9.59. The maximum Gasteiger partial charge on any atom is 0.203 e. The largest absolute Gasteiger partial charge is 0.493 e. The predicted molar refractivity (Wildman–Crippen MR) is 106 cm³/mol. The van der Waals surface area contributed by atoms with Gasteiger partial charge < -0.3 is 24.3 Å². The smallest absolute Gasteiger partial charge is 0.203 e. The third-order valence-electron chi connectivity index (χ3n) is 4.88. The topological polar surface area (TPSA) is 49.0 Å². The number of nitrogens with one attached hydrogen (secondary N) is 1. The molecule has 0 bridgehead atoms. The summed E-state index contributed by atoms with van der Waals surface area (Å²) in [6.45, 7) is 3.36. The van der Waals surface area contributed by atoms with Gasteiger partial charge in [-0.25, -0.2) is 0 Å². The van der Waals surface area contributed by atoms with Crippen LogP contribution in [0.3, 0.4) is 0 Å². The fraction of sp³-hybridized carbons (Fsp3) is 0.455. The number of hydrogen-bond donors (Lipinski definition) is 1. The van der Waals surface area contributed by atoms with E-state index in [2.05, 4.69) is 29.6 Å². The Morgan fingerprint density at radius 2 is 1.48 bits per heavy atom. The lowest BCUT2D eigenvalue weighted by atomic mass is 9.90. The molecule has 0 atom stereocenters. The van der Waals surface area contributed by atoms with E-state index in [1.165, 1.54) is 18.4 Å². The van der Waals surface area contributed by atoms with Crippen molar-refractivity contribution >= 4 is 0 Å². The van der Waals surface area contributed by atoms with Gasteiger partial charge in [-0.2, -0.15) is 0 Å². The maximum absolute atomic E-state index is 5.85. The Balaban J connectivity index is 1.43. The number of hydrogen-bond acceptors (Lipinski definition) is 5. The van der Waals surface area contributed by atoms with E-state index in [4.69, 9.17) is 18.9 Å². The number of benzene rings is 2. The molecule has 0 saturated carbocycles. The van der Waals surface area contributed by atoms with E-state index < -0.39 is 0 Å². The highest BCUT2D eigenvalue weighted by Gasteiger charge is 2.15. The zero-order valence-corrected chi connectivity index (χ0v) is 16.2. The van der Waals surface area contributed by atoms with Crippen molar-refractivity contribution in [1.29, 1.82) is 0 Å². The van der Waals surface area contributed by atoms with Gasteiger partial charge >= 0.3 is 0 Å². The third-order valence-corrected chi connectivity index (χ3v) is 4.88. The Labute approximate surface area is 161 Å². The van der Waals surface area contributed by atoms with Crippen LogP contribution in [-0.4, -0.2) is 40.5 Å². The summed E-state index contributed by atoms with van der Waals surface area (Å²) in [6.07, 6.45) is 3.20. The summed E-state index contributed by atoms with van der Waals surface area (Å²) in [4.78, 5) is 0.